The normalized spacial score (nSPS) is 10.0. The van der Waals surface area contributed by atoms with Gasteiger partial charge in [-0.15, -0.1) is 0 Å². The summed E-state index contributed by atoms with van der Waals surface area (Å²) in [6, 6.07) is 16.2. The molecule has 7 heteroatoms. The van der Waals surface area contributed by atoms with Crippen molar-refractivity contribution in [3.05, 3.63) is 70.5 Å². The molecule has 0 amide bonds. The second-order valence-corrected chi connectivity index (χ2v) is 5.73. The second kappa shape index (κ2) is 7.18. The zero-order valence-corrected chi connectivity index (χ0v) is 13.8. The molecule has 118 valence electrons. The number of para-hydroxylation sites is 1. The number of hydrogen-bond acceptors (Lipinski definition) is 5. The number of nitrogens with one attached hydrogen (secondary N) is 2. The van der Waals surface area contributed by atoms with E-state index in [2.05, 4.69) is 26.7 Å². The second-order valence-electron chi connectivity index (χ2n) is 4.85. The Morgan fingerprint density at radius 2 is 1.54 bits per heavy atom. The third kappa shape index (κ3) is 3.93. The monoisotopic (exact) mass is 355 g/mol. The van der Waals surface area contributed by atoms with Crippen LogP contribution in [0.5, 0.6) is 0 Å². The minimum atomic E-state index is 0.528. The molecule has 3 aromatic rings. The molecule has 0 bridgehead atoms. The Morgan fingerprint density at radius 1 is 0.875 bits per heavy atom. The first-order valence-corrected chi connectivity index (χ1v) is 7.71. The molecule has 2 N–H and O–H groups in total. The van der Waals surface area contributed by atoms with Crippen molar-refractivity contribution in [1.29, 1.82) is 5.26 Å². The summed E-state index contributed by atoms with van der Waals surface area (Å²) < 4.78 is 0. The van der Waals surface area contributed by atoms with Crippen LogP contribution < -0.4 is 10.6 Å². The molecule has 0 atom stereocenters. The Bertz CT molecular complexity index is 901. The summed E-state index contributed by atoms with van der Waals surface area (Å²) in [6.07, 6.45) is 1.42. The van der Waals surface area contributed by atoms with Gasteiger partial charge in [-0.1, -0.05) is 35.3 Å². The van der Waals surface area contributed by atoms with Crippen molar-refractivity contribution in [3.63, 3.8) is 0 Å². The lowest BCUT2D eigenvalue weighted by atomic mass is 10.2. The first kappa shape index (κ1) is 16.1. The van der Waals surface area contributed by atoms with Crippen molar-refractivity contribution in [2.75, 3.05) is 10.6 Å². The van der Waals surface area contributed by atoms with Crippen molar-refractivity contribution < 1.29 is 0 Å². The summed E-state index contributed by atoms with van der Waals surface area (Å²) in [4.78, 5) is 8.33. The number of benzene rings is 2. The fourth-order valence-electron chi connectivity index (χ4n) is 2.10. The molecule has 0 spiro atoms. The van der Waals surface area contributed by atoms with Crippen molar-refractivity contribution in [1.82, 2.24) is 9.97 Å². The predicted molar refractivity (Wildman–Crippen MR) is 96.2 cm³/mol. The Balaban J connectivity index is 1.83. The SMILES string of the molecule is N#Cc1ccccc1Nc1cc(Nc2cc(Cl)cc(Cl)c2)ncn1. The van der Waals surface area contributed by atoms with Crippen LogP contribution >= 0.6 is 23.2 Å². The van der Waals surface area contributed by atoms with Gasteiger partial charge < -0.3 is 10.6 Å². The molecule has 0 saturated carbocycles. The lowest BCUT2D eigenvalue weighted by Crippen LogP contribution is -1.99. The third-order valence-electron chi connectivity index (χ3n) is 3.11. The van der Waals surface area contributed by atoms with Gasteiger partial charge in [0.25, 0.3) is 0 Å². The molecule has 2 aromatic carbocycles. The average molecular weight is 356 g/mol. The van der Waals surface area contributed by atoms with E-state index in [1.807, 2.05) is 12.1 Å². The molecule has 0 fully saturated rings. The summed E-state index contributed by atoms with van der Waals surface area (Å²) in [6.45, 7) is 0. The van der Waals surface area contributed by atoms with Crippen LogP contribution in [0.15, 0.2) is 54.9 Å². The standard InChI is InChI=1S/C17H11Cl2N5/c18-12-5-13(19)7-14(6-12)23-16-8-17(22-10-21-16)24-15-4-2-1-3-11(15)9-20/h1-8,10H,(H2,21,22,23,24). The number of aromatic nitrogens is 2. The number of nitrogens with zero attached hydrogens (tertiary/aromatic N) is 3. The summed E-state index contributed by atoms with van der Waals surface area (Å²) in [7, 11) is 0. The van der Waals surface area contributed by atoms with E-state index in [4.69, 9.17) is 28.5 Å². The van der Waals surface area contributed by atoms with Gasteiger partial charge in [-0.05, 0) is 30.3 Å². The van der Waals surface area contributed by atoms with E-state index >= 15 is 0 Å². The lowest BCUT2D eigenvalue weighted by Gasteiger charge is -2.10. The fourth-order valence-corrected chi connectivity index (χ4v) is 2.62. The molecular formula is C17H11Cl2N5. The van der Waals surface area contributed by atoms with Crippen molar-refractivity contribution >= 4 is 46.2 Å². The molecule has 0 saturated heterocycles. The van der Waals surface area contributed by atoms with E-state index < -0.39 is 0 Å². The van der Waals surface area contributed by atoms with Gasteiger partial charge >= 0.3 is 0 Å². The maximum absolute atomic E-state index is 9.14. The predicted octanol–water partition coefficient (Wildman–Crippen LogP) is 5.14. The lowest BCUT2D eigenvalue weighted by molar-refractivity contribution is 1.17. The maximum Gasteiger partial charge on any atom is 0.135 e. The van der Waals surface area contributed by atoms with Gasteiger partial charge in [0, 0.05) is 21.8 Å². The van der Waals surface area contributed by atoms with E-state index in [1.54, 1.807) is 36.4 Å². The van der Waals surface area contributed by atoms with E-state index in [1.165, 1.54) is 6.33 Å². The van der Waals surface area contributed by atoms with Crippen molar-refractivity contribution in [3.8, 4) is 6.07 Å². The van der Waals surface area contributed by atoms with Crippen LogP contribution in [0.4, 0.5) is 23.0 Å². The van der Waals surface area contributed by atoms with E-state index in [9.17, 15) is 0 Å². The van der Waals surface area contributed by atoms with Crippen LogP contribution in [-0.4, -0.2) is 9.97 Å². The van der Waals surface area contributed by atoms with E-state index in [0.717, 1.165) is 5.69 Å². The summed E-state index contributed by atoms with van der Waals surface area (Å²) in [5, 5.41) is 16.4. The zero-order valence-electron chi connectivity index (χ0n) is 12.3. The highest BCUT2D eigenvalue weighted by molar-refractivity contribution is 6.35. The molecule has 0 radical (unpaired) electrons. The molecule has 5 nitrogen and oxygen atoms in total. The highest BCUT2D eigenvalue weighted by Gasteiger charge is 2.05. The summed E-state index contributed by atoms with van der Waals surface area (Å²) >= 11 is 12.0. The molecule has 1 heterocycles. The number of anilines is 4. The molecule has 0 aliphatic rings. The Morgan fingerprint density at radius 3 is 2.25 bits per heavy atom. The van der Waals surface area contributed by atoms with Gasteiger partial charge in [-0.3, -0.25) is 0 Å². The maximum atomic E-state index is 9.14. The quantitative estimate of drug-likeness (QED) is 0.677. The number of hydrogen-bond donors (Lipinski definition) is 2. The molecule has 0 aliphatic heterocycles. The van der Waals surface area contributed by atoms with Crippen LogP contribution in [0.3, 0.4) is 0 Å². The molecule has 24 heavy (non-hydrogen) atoms. The topological polar surface area (TPSA) is 73.6 Å². The van der Waals surface area contributed by atoms with Crippen LogP contribution in [0.2, 0.25) is 10.0 Å². The molecular weight excluding hydrogens is 345 g/mol. The Kier molecular flexibility index (Phi) is 4.80. The minimum Gasteiger partial charge on any atom is -0.340 e. The van der Waals surface area contributed by atoms with Gasteiger partial charge in [0.05, 0.1) is 11.3 Å². The van der Waals surface area contributed by atoms with Gasteiger partial charge in [0.1, 0.15) is 24.0 Å². The average Bonchev–Trinajstić information content (AvgIpc) is 2.55. The zero-order chi connectivity index (χ0) is 16.9. The van der Waals surface area contributed by atoms with Gasteiger partial charge in [-0.2, -0.15) is 5.26 Å². The molecule has 1 aromatic heterocycles. The van der Waals surface area contributed by atoms with E-state index in [-0.39, 0.29) is 0 Å². The minimum absolute atomic E-state index is 0.528. The van der Waals surface area contributed by atoms with E-state index in [0.29, 0.717) is 32.9 Å². The molecule has 0 unspecified atom stereocenters. The van der Waals surface area contributed by atoms with Crippen LogP contribution in [0.1, 0.15) is 5.56 Å². The van der Waals surface area contributed by atoms with Crippen molar-refractivity contribution in [2.45, 2.75) is 0 Å². The first-order chi connectivity index (χ1) is 11.6. The molecule has 3 rings (SSSR count). The highest BCUT2D eigenvalue weighted by atomic mass is 35.5. The highest BCUT2D eigenvalue weighted by Crippen LogP contribution is 2.26. The third-order valence-corrected chi connectivity index (χ3v) is 3.55. The Labute approximate surface area is 148 Å². The number of nitriles is 1. The summed E-state index contributed by atoms with van der Waals surface area (Å²) in [5.74, 6) is 1.13. The van der Waals surface area contributed by atoms with Crippen LogP contribution in [0.25, 0.3) is 0 Å². The summed E-state index contributed by atoms with van der Waals surface area (Å²) in [5.41, 5.74) is 1.93. The van der Waals surface area contributed by atoms with Crippen LogP contribution in [0, 0.1) is 11.3 Å². The largest absolute Gasteiger partial charge is 0.340 e. The van der Waals surface area contributed by atoms with Gasteiger partial charge in [0.2, 0.25) is 0 Å². The van der Waals surface area contributed by atoms with Gasteiger partial charge in [0.15, 0.2) is 0 Å². The number of rotatable bonds is 4. The fraction of sp³-hybridized carbons (Fsp3) is 0. The van der Waals surface area contributed by atoms with Crippen LogP contribution in [-0.2, 0) is 0 Å². The molecule has 0 aliphatic carbocycles. The van der Waals surface area contributed by atoms with Crippen molar-refractivity contribution in [2.24, 2.45) is 0 Å². The first-order valence-electron chi connectivity index (χ1n) is 6.95. The number of halogens is 2. The van der Waals surface area contributed by atoms with Gasteiger partial charge in [-0.25, -0.2) is 9.97 Å². The Hall–Kier alpha value is -2.81. The smallest absolute Gasteiger partial charge is 0.135 e.